The van der Waals surface area contributed by atoms with Crippen LogP contribution in [-0.4, -0.2) is 11.4 Å². The van der Waals surface area contributed by atoms with Crippen molar-refractivity contribution >= 4 is 5.91 Å². The maximum absolute atomic E-state index is 10.9. The van der Waals surface area contributed by atoms with Crippen molar-refractivity contribution in [3.8, 4) is 0 Å². The molecule has 2 aliphatic rings. The van der Waals surface area contributed by atoms with E-state index in [1.54, 1.807) is 0 Å². The predicted molar refractivity (Wildman–Crippen MR) is 47.7 cm³/mol. The zero-order valence-corrected chi connectivity index (χ0v) is 7.89. The molecule has 2 heteroatoms. The van der Waals surface area contributed by atoms with Gasteiger partial charge in [0.2, 0.25) is 5.91 Å². The maximum Gasteiger partial charge on any atom is 0.222 e. The van der Waals surface area contributed by atoms with Gasteiger partial charge in [0.15, 0.2) is 0 Å². The Labute approximate surface area is 73.7 Å². The standard InChI is InChI=1S/C10H17NO/c1-7-3-4-8(2)10(5-7)6-9(12)11-10/h7-8H,3-6H2,1-2H3,(H,11,12). The molecule has 12 heavy (non-hydrogen) atoms. The Kier molecular flexibility index (Phi) is 1.67. The summed E-state index contributed by atoms with van der Waals surface area (Å²) in [6.45, 7) is 4.56. The molecule has 3 unspecified atom stereocenters. The van der Waals surface area contributed by atoms with Gasteiger partial charge < -0.3 is 5.32 Å². The fourth-order valence-electron chi connectivity index (χ4n) is 2.70. The number of amides is 1. The van der Waals surface area contributed by atoms with E-state index in [0.717, 1.165) is 12.3 Å². The highest BCUT2D eigenvalue weighted by Crippen LogP contribution is 2.42. The van der Waals surface area contributed by atoms with E-state index < -0.39 is 0 Å². The van der Waals surface area contributed by atoms with Crippen LogP contribution < -0.4 is 5.32 Å². The van der Waals surface area contributed by atoms with Crippen LogP contribution >= 0.6 is 0 Å². The predicted octanol–water partition coefficient (Wildman–Crippen LogP) is 1.70. The van der Waals surface area contributed by atoms with Crippen molar-refractivity contribution in [2.45, 2.75) is 45.1 Å². The van der Waals surface area contributed by atoms with E-state index in [1.807, 2.05) is 0 Å². The highest BCUT2D eigenvalue weighted by atomic mass is 16.2. The van der Waals surface area contributed by atoms with Gasteiger partial charge in [-0.15, -0.1) is 0 Å². The number of rotatable bonds is 0. The summed E-state index contributed by atoms with van der Waals surface area (Å²) in [5, 5.41) is 3.10. The van der Waals surface area contributed by atoms with Crippen molar-refractivity contribution in [3.05, 3.63) is 0 Å². The first-order chi connectivity index (χ1) is 5.62. The molecule has 1 saturated heterocycles. The molecule has 0 aromatic rings. The monoisotopic (exact) mass is 167 g/mol. The van der Waals surface area contributed by atoms with Gasteiger partial charge in [-0.2, -0.15) is 0 Å². The molecule has 2 fully saturated rings. The lowest BCUT2D eigenvalue weighted by Gasteiger charge is -2.51. The van der Waals surface area contributed by atoms with Gasteiger partial charge in [0.05, 0.1) is 5.54 Å². The summed E-state index contributed by atoms with van der Waals surface area (Å²) in [6.07, 6.45) is 4.58. The van der Waals surface area contributed by atoms with Gasteiger partial charge in [0.1, 0.15) is 0 Å². The molecule has 1 aliphatic carbocycles. The summed E-state index contributed by atoms with van der Waals surface area (Å²) in [7, 11) is 0. The summed E-state index contributed by atoms with van der Waals surface area (Å²) >= 11 is 0. The minimum absolute atomic E-state index is 0.203. The lowest BCUT2D eigenvalue weighted by molar-refractivity contribution is -0.137. The Morgan fingerprint density at radius 1 is 1.42 bits per heavy atom. The van der Waals surface area contributed by atoms with Crippen LogP contribution in [0.4, 0.5) is 0 Å². The summed E-state index contributed by atoms with van der Waals surface area (Å²) in [5.74, 6) is 1.73. The summed E-state index contributed by atoms with van der Waals surface area (Å²) < 4.78 is 0. The highest BCUT2D eigenvalue weighted by Gasteiger charge is 2.49. The zero-order chi connectivity index (χ0) is 8.77. The molecule has 0 bridgehead atoms. The van der Waals surface area contributed by atoms with Crippen LogP contribution in [0.2, 0.25) is 0 Å². The van der Waals surface area contributed by atoms with E-state index in [1.165, 1.54) is 19.3 Å². The smallest absolute Gasteiger partial charge is 0.222 e. The Hall–Kier alpha value is -0.530. The molecule has 0 aromatic heterocycles. The summed E-state index contributed by atoms with van der Waals surface area (Å²) in [6, 6.07) is 0. The summed E-state index contributed by atoms with van der Waals surface area (Å²) in [5.41, 5.74) is 0.203. The molecule has 1 spiro atoms. The van der Waals surface area contributed by atoms with Crippen LogP contribution in [0.25, 0.3) is 0 Å². The Morgan fingerprint density at radius 2 is 2.08 bits per heavy atom. The van der Waals surface area contributed by atoms with E-state index in [0.29, 0.717) is 5.92 Å². The van der Waals surface area contributed by atoms with E-state index >= 15 is 0 Å². The second-order valence-electron chi connectivity index (χ2n) is 4.67. The molecule has 0 aromatic carbocycles. The van der Waals surface area contributed by atoms with Crippen molar-refractivity contribution in [1.82, 2.24) is 5.32 Å². The van der Waals surface area contributed by atoms with Crippen molar-refractivity contribution in [2.75, 3.05) is 0 Å². The molecule has 1 N–H and O–H groups in total. The second kappa shape index (κ2) is 2.48. The minimum atomic E-state index is 0.203. The van der Waals surface area contributed by atoms with Gasteiger partial charge in [0.25, 0.3) is 0 Å². The molecule has 3 atom stereocenters. The molecule has 0 radical (unpaired) electrons. The third-order valence-electron chi connectivity index (χ3n) is 3.61. The van der Waals surface area contributed by atoms with Crippen LogP contribution in [0.15, 0.2) is 0 Å². The zero-order valence-electron chi connectivity index (χ0n) is 7.89. The number of β-lactam (4-membered cyclic amide) rings is 1. The maximum atomic E-state index is 10.9. The van der Waals surface area contributed by atoms with Crippen LogP contribution in [0, 0.1) is 11.8 Å². The molecular weight excluding hydrogens is 150 g/mol. The third kappa shape index (κ3) is 1.05. The van der Waals surface area contributed by atoms with E-state index in [2.05, 4.69) is 19.2 Å². The quantitative estimate of drug-likeness (QED) is 0.547. The van der Waals surface area contributed by atoms with Crippen molar-refractivity contribution in [2.24, 2.45) is 11.8 Å². The molecule has 1 aliphatic heterocycles. The first-order valence-electron chi connectivity index (χ1n) is 4.93. The highest BCUT2D eigenvalue weighted by molar-refractivity contribution is 5.84. The van der Waals surface area contributed by atoms with Gasteiger partial charge in [0, 0.05) is 6.42 Å². The largest absolute Gasteiger partial charge is 0.350 e. The lowest BCUT2D eigenvalue weighted by atomic mass is 9.64. The molecular formula is C10H17NO. The van der Waals surface area contributed by atoms with Crippen molar-refractivity contribution < 1.29 is 4.79 Å². The van der Waals surface area contributed by atoms with Gasteiger partial charge in [-0.3, -0.25) is 4.79 Å². The van der Waals surface area contributed by atoms with Crippen LogP contribution in [0.3, 0.4) is 0 Å². The Balaban J connectivity index is 2.07. The lowest BCUT2D eigenvalue weighted by Crippen LogP contribution is -2.66. The van der Waals surface area contributed by atoms with Crippen molar-refractivity contribution in [3.63, 3.8) is 0 Å². The number of nitrogens with one attached hydrogen (secondary N) is 1. The minimum Gasteiger partial charge on any atom is -0.350 e. The van der Waals surface area contributed by atoms with Crippen LogP contribution in [-0.2, 0) is 4.79 Å². The number of carbonyl (C=O) groups excluding carboxylic acids is 1. The summed E-state index contributed by atoms with van der Waals surface area (Å²) in [4.78, 5) is 10.9. The molecule has 2 nitrogen and oxygen atoms in total. The molecule has 1 saturated carbocycles. The Bertz CT molecular complexity index is 204. The molecule has 1 heterocycles. The third-order valence-corrected chi connectivity index (χ3v) is 3.61. The van der Waals surface area contributed by atoms with E-state index in [9.17, 15) is 4.79 Å². The normalized spacial score (nSPS) is 47.0. The van der Waals surface area contributed by atoms with E-state index in [4.69, 9.17) is 0 Å². The molecule has 1 amide bonds. The molecule has 68 valence electrons. The number of hydrogen-bond acceptors (Lipinski definition) is 1. The number of carbonyl (C=O) groups is 1. The SMILES string of the molecule is CC1CCC(C)C2(CC(=O)N2)C1. The molecule has 2 rings (SSSR count). The van der Waals surface area contributed by atoms with Gasteiger partial charge in [-0.25, -0.2) is 0 Å². The average Bonchev–Trinajstić information content (AvgIpc) is 1.94. The first-order valence-corrected chi connectivity index (χ1v) is 4.93. The fraction of sp³-hybridized carbons (Fsp3) is 0.900. The van der Waals surface area contributed by atoms with Gasteiger partial charge >= 0.3 is 0 Å². The second-order valence-corrected chi connectivity index (χ2v) is 4.67. The fourth-order valence-corrected chi connectivity index (χ4v) is 2.70. The average molecular weight is 167 g/mol. The van der Waals surface area contributed by atoms with Crippen LogP contribution in [0.1, 0.15) is 39.5 Å². The Morgan fingerprint density at radius 3 is 2.67 bits per heavy atom. The van der Waals surface area contributed by atoms with Crippen LogP contribution in [0.5, 0.6) is 0 Å². The first kappa shape index (κ1) is 8.09. The van der Waals surface area contributed by atoms with Gasteiger partial charge in [-0.05, 0) is 24.7 Å². The van der Waals surface area contributed by atoms with Gasteiger partial charge in [-0.1, -0.05) is 20.3 Å². The number of hydrogen-bond donors (Lipinski definition) is 1. The van der Waals surface area contributed by atoms with E-state index in [-0.39, 0.29) is 11.4 Å². The topological polar surface area (TPSA) is 29.1 Å². The van der Waals surface area contributed by atoms with Crippen molar-refractivity contribution in [1.29, 1.82) is 0 Å².